The first-order valence-electron chi connectivity index (χ1n) is 7.21. The lowest BCUT2D eigenvalue weighted by Crippen LogP contribution is -2.52. The van der Waals surface area contributed by atoms with Crippen molar-refractivity contribution in [2.24, 2.45) is 0 Å². The summed E-state index contributed by atoms with van der Waals surface area (Å²) in [5.41, 5.74) is 0.262. The van der Waals surface area contributed by atoms with E-state index in [0.29, 0.717) is 0 Å². The van der Waals surface area contributed by atoms with Crippen LogP contribution in [0.1, 0.15) is 18.9 Å². The molecule has 2 amide bonds. The third kappa shape index (κ3) is 5.72. The Morgan fingerprint density at radius 1 is 1.25 bits per heavy atom. The molecule has 6 nitrogen and oxygen atoms in total. The largest absolute Gasteiger partial charge is 0.467 e. The van der Waals surface area contributed by atoms with Gasteiger partial charge in [-0.15, -0.1) is 12.3 Å². The van der Waals surface area contributed by atoms with Crippen molar-refractivity contribution in [1.29, 1.82) is 0 Å². The predicted octanol–water partition coefficient (Wildman–Crippen LogP) is 0.554. The quantitative estimate of drug-likeness (QED) is 0.563. The van der Waals surface area contributed by atoms with Crippen LogP contribution < -0.4 is 10.6 Å². The van der Waals surface area contributed by atoms with Crippen LogP contribution in [0, 0.1) is 18.2 Å². The van der Waals surface area contributed by atoms with E-state index in [-0.39, 0.29) is 18.4 Å². The number of halogens is 1. The number of carbonyl (C=O) groups excluding carboxylic acids is 3. The van der Waals surface area contributed by atoms with Gasteiger partial charge in [-0.3, -0.25) is 9.59 Å². The molecule has 0 aromatic heterocycles. The van der Waals surface area contributed by atoms with E-state index in [9.17, 15) is 18.8 Å². The van der Waals surface area contributed by atoms with Crippen molar-refractivity contribution >= 4 is 17.8 Å². The summed E-state index contributed by atoms with van der Waals surface area (Å²) in [6.07, 6.45) is 5.04. The van der Waals surface area contributed by atoms with Gasteiger partial charge in [-0.05, 0) is 11.6 Å². The molecular formula is C17H19FN2O4. The summed E-state index contributed by atoms with van der Waals surface area (Å²) in [7, 11) is 1.17. The van der Waals surface area contributed by atoms with E-state index in [1.54, 1.807) is 6.07 Å². The Bertz CT molecular complexity index is 654. The molecule has 0 unspecified atom stereocenters. The number of hydrogen-bond acceptors (Lipinski definition) is 4. The summed E-state index contributed by atoms with van der Waals surface area (Å²) in [4.78, 5) is 35.3. The molecule has 0 heterocycles. The number of terminal acetylenes is 1. The zero-order chi connectivity index (χ0) is 18.1. The highest BCUT2D eigenvalue weighted by molar-refractivity contribution is 5.90. The Hall–Kier alpha value is -2.88. The zero-order valence-electron chi connectivity index (χ0n) is 13.5. The molecule has 0 spiro atoms. The summed E-state index contributed by atoms with van der Waals surface area (Å²) in [5, 5.41) is 4.86. The number of rotatable bonds is 7. The van der Waals surface area contributed by atoms with E-state index in [0.717, 1.165) is 0 Å². The fourth-order valence-corrected chi connectivity index (χ4v) is 2.06. The first kappa shape index (κ1) is 19.2. The molecule has 0 fully saturated rings. The molecule has 2 atom stereocenters. The zero-order valence-corrected chi connectivity index (χ0v) is 13.5. The average molecular weight is 334 g/mol. The second kappa shape index (κ2) is 9.30. The van der Waals surface area contributed by atoms with Crippen molar-refractivity contribution in [3.8, 4) is 12.3 Å². The number of carbonyl (C=O) groups is 3. The van der Waals surface area contributed by atoms with Crippen LogP contribution in [-0.2, 0) is 25.5 Å². The van der Waals surface area contributed by atoms with Crippen LogP contribution >= 0.6 is 0 Å². The molecule has 0 saturated heterocycles. The van der Waals surface area contributed by atoms with Gasteiger partial charge in [0.2, 0.25) is 11.8 Å². The molecule has 0 aliphatic rings. The normalized spacial score (nSPS) is 12.4. The summed E-state index contributed by atoms with van der Waals surface area (Å²) < 4.78 is 18.3. The summed E-state index contributed by atoms with van der Waals surface area (Å²) in [6, 6.07) is 3.82. The predicted molar refractivity (Wildman–Crippen MR) is 85.1 cm³/mol. The third-order valence-corrected chi connectivity index (χ3v) is 3.20. The fourth-order valence-electron chi connectivity index (χ4n) is 2.06. The van der Waals surface area contributed by atoms with Crippen LogP contribution in [0.5, 0.6) is 0 Å². The summed E-state index contributed by atoms with van der Waals surface area (Å²) in [6.45, 7) is 1.24. The van der Waals surface area contributed by atoms with Gasteiger partial charge in [0.1, 0.15) is 17.9 Å². The van der Waals surface area contributed by atoms with Crippen LogP contribution in [0.25, 0.3) is 0 Å². The van der Waals surface area contributed by atoms with Crippen molar-refractivity contribution in [1.82, 2.24) is 10.6 Å². The Morgan fingerprint density at radius 3 is 2.46 bits per heavy atom. The Balaban J connectivity index is 2.92. The molecule has 7 heteroatoms. The van der Waals surface area contributed by atoms with Gasteiger partial charge in [-0.1, -0.05) is 18.2 Å². The average Bonchev–Trinajstić information content (AvgIpc) is 2.54. The van der Waals surface area contributed by atoms with Crippen molar-refractivity contribution in [2.75, 3.05) is 7.11 Å². The van der Waals surface area contributed by atoms with Crippen LogP contribution in [0.3, 0.4) is 0 Å². The van der Waals surface area contributed by atoms with Gasteiger partial charge < -0.3 is 15.4 Å². The minimum Gasteiger partial charge on any atom is -0.467 e. The first-order valence-corrected chi connectivity index (χ1v) is 7.21. The minimum atomic E-state index is -1.05. The van der Waals surface area contributed by atoms with Crippen molar-refractivity contribution < 1.29 is 23.5 Å². The van der Waals surface area contributed by atoms with Gasteiger partial charge >= 0.3 is 5.97 Å². The van der Waals surface area contributed by atoms with Crippen LogP contribution in [0.4, 0.5) is 4.39 Å². The molecule has 2 N–H and O–H groups in total. The maximum Gasteiger partial charge on any atom is 0.329 e. The van der Waals surface area contributed by atoms with Gasteiger partial charge in [-0.25, -0.2) is 9.18 Å². The highest BCUT2D eigenvalue weighted by atomic mass is 19.1. The minimum absolute atomic E-state index is 0.0646. The monoisotopic (exact) mass is 334 g/mol. The standard InChI is InChI=1S/C17H19FN2O4/c1-4-7-14(17(23)24-3)20-16(22)15(19-11(2)21)10-12-8-5-6-9-13(12)18/h1,5-6,8-9,14-15H,7,10H2,2-3H3,(H,19,21)(H,20,22)/t14-,15+/m0/s1. The molecule has 0 aliphatic heterocycles. The maximum absolute atomic E-state index is 13.8. The number of nitrogens with one attached hydrogen (secondary N) is 2. The van der Waals surface area contributed by atoms with Crippen molar-refractivity contribution in [3.05, 3.63) is 35.6 Å². The van der Waals surface area contributed by atoms with Crippen LogP contribution in [0.15, 0.2) is 24.3 Å². The maximum atomic E-state index is 13.8. The van der Waals surface area contributed by atoms with Gasteiger partial charge in [0.15, 0.2) is 0 Å². The molecule has 128 valence electrons. The lowest BCUT2D eigenvalue weighted by atomic mass is 10.0. The Morgan fingerprint density at radius 2 is 1.92 bits per heavy atom. The third-order valence-electron chi connectivity index (χ3n) is 3.20. The molecule has 0 bridgehead atoms. The topological polar surface area (TPSA) is 84.5 Å². The number of benzene rings is 1. The second-order valence-electron chi connectivity index (χ2n) is 5.04. The van der Waals surface area contributed by atoms with Crippen LogP contribution in [-0.4, -0.2) is 37.0 Å². The van der Waals surface area contributed by atoms with E-state index < -0.39 is 35.7 Å². The molecule has 0 aliphatic carbocycles. The lowest BCUT2D eigenvalue weighted by Gasteiger charge is -2.21. The fraction of sp³-hybridized carbons (Fsp3) is 0.353. The highest BCUT2D eigenvalue weighted by Gasteiger charge is 2.27. The molecule has 1 aromatic carbocycles. The SMILES string of the molecule is C#CC[C@H](NC(=O)[C@@H](Cc1ccccc1F)NC(C)=O)C(=O)OC. The number of ether oxygens (including phenoxy) is 1. The number of methoxy groups -OCH3 is 1. The highest BCUT2D eigenvalue weighted by Crippen LogP contribution is 2.10. The smallest absolute Gasteiger partial charge is 0.329 e. The molecule has 0 radical (unpaired) electrons. The molecule has 1 aromatic rings. The molecular weight excluding hydrogens is 315 g/mol. The lowest BCUT2D eigenvalue weighted by molar-refractivity contribution is -0.145. The Kier molecular flexibility index (Phi) is 7.43. The summed E-state index contributed by atoms with van der Waals surface area (Å²) >= 11 is 0. The van der Waals surface area contributed by atoms with Crippen molar-refractivity contribution in [2.45, 2.75) is 31.8 Å². The second-order valence-corrected chi connectivity index (χ2v) is 5.04. The molecule has 0 saturated carbocycles. The van der Waals surface area contributed by atoms with Gasteiger partial charge in [0, 0.05) is 19.8 Å². The van der Waals surface area contributed by atoms with Gasteiger partial charge in [0.25, 0.3) is 0 Å². The van der Waals surface area contributed by atoms with E-state index in [4.69, 9.17) is 6.42 Å². The van der Waals surface area contributed by atoms with E-state index in [1.165, 1.54) is 32.2 Å². The molecule has 1 rings (SSSR count). The summed E-state index contributed by atoms with van der Waals surface area (Å²) in [5.74, 6) is -0.0418. The van der Waals surface area contributed by atoms with E-state index in [2.05, 4.69) is 21.3 Å². The number of hydrogen-bond donors (Lipinski definition) is 2. The van der Waals surface area contributed by atoms with Gasteiger partial charge in [-0.2, -0.15) is 0 Å². The van der Waals surface area contributed by atoms with E-state index >= 15 is 0 Å². The van der Waals surface area contributed by atoms with Crippen LogP contribution in [0.2, 0.25) is 0 Å². The van der Waals surface area contributed by atoms with Crippen molar-refractivity contribution in [3.63, 3.8) is 0 Å². The number of amides is 2. The molecule has 24 heavy (non-hydrogen) atoms. The Labute approximate surface area is 139 Å². The first-order chi connectivity index (χ1) is 11.4. The number of esters is 1. The van der Waals surface area contributed by atoms with Gasteiger partial charge in [0.05, 0.1) is 7.11 Å². The van der Waals surface area contributed by atoms with E-state index in [1.807, 2.05) is 0 Å².